The third kappa shape index (κ3) is 3.34. The molecule has 2 unspecified atom stereocenters. The van der Waals surface area contributed by atoms with Gasteiger partial charge in [-0.2, -0.15) is 5.26 Å². The van der Waals surface area contributed by atoms with E-state index >= 15 is 0 Å². The minimum atomic E-state index is -1.12. The van der Waals surface area contributed by atoms with Gasteiger partial charge in [-0.1, -0.05) is 30.4 Å². The number of amides is 1. The van der Waals surface area contributed by atoms with E-state index in [4.69, 9.17) is 9.47 Å². The molecule has 120 valence electrons. The molecule has 0 fully saturated rings. The Hall–Kier alpha value is -2.81. The predicted molar refractivity (Wildman–Crippen MR) is 84.5 cm³/mol. The first-order valence-corrected chi connectivity index (χ1v) is 7.43. The van der Waals surface area contributed by atoms with Gasteiger partial charge in [-0.25, -0.2) is 4.79 Å². The van der Waals surface area contributed by atoms with Crippen LogP contribution in [-0.4, -0.2) is 31.3 Å². The molecular formula is C17H18N2O4. The molecule has 0 saturated heterocycles. The monoisotopic (exact) mass is 314 g/mol. The van der Waals surface area contributed by atoms with Gasteiger partial charge in [-0.05, 0) is 25.5 Å². The van der Waals surface area contributed by atoms with Crippen molar-refractivity contribution in [2.45, 2.75) is 19.9 Å². The van der Waals surface area contributed by atoms with Crippen molar-refractivity contribution < 1.29 is 19.1 Å². The average Bonchev–Trinajstić information content (AvgIpc) is 2.55. The van der Waals surface area contributed by atoms with E-state index in [1.54, 1.807) is 38.1 Å². The first kappa shape index (κ1) is 16.6. The summed E-state index contributed by atoms with van der Waals surface area (Å²) in [5, 5.41) is 9.39. The van der Waals surface area contributed by atoms with Gasteiger partial charge < -0.3 is 9.47 Å². The molecule has 0 aromatic heterocycles. The molecule has 1 aliphatic rings. The zero-order valence-corrected chi connectivity index (χ0v) is 13.1. The maximum Gasteiger partial charge on any atom is 0.414 e. The molecule has 1 aliphatic heterocycles. The molecule has 0 aliphatic carbocycles. The summed E-state index contributed by atoms with van der Waals surface area (Å²) in [4.78, 5) is 25.8. The van der Waals surface area contributed by atoms with Crippen LogP contribution in [0.15, 0.2) is 30.3 Å². The van der Waals surface area contributed by atoms with Gasteiger partial charge in [0.05, 0.1) is 31.0 Å². The SMILES string of the molecule is CCOC(=O)C(C#N)C1C=Cc2ccccc2N1C(=O)OCC. The Morgan fingerprint density at radius 1 is 1.26 bits per heavy atom. The fraction of sp³-hybridized carbons (Fsp3) is 0.353. The van der Waals surface area contributed by atoms with Gasteiger partial charge in [0.15, 0.2) is 5.92 Å². The van der Waals surface area contributed by atoms with Crippen LogP contribution in [0, 0.1) is 17.2 Å². The number of esters is 1. The van der Waals surface area contributed by atoms with Crippen LogP contribution in [0.5, 0.6) is 0 Å². The maximum atomic E-state index is 12.4. The highest BCUT2D eigenvalue weighted by Gasteiger charge is 2.39. The summed E-state index contributed by atoms with van der Waals surface area (Å²) < 4.78 is 10.0. The molecule has 6 heteroatoms. The molecule has 0 bridgehead atoms. The van der Waals surface area contributed by atoms with E-state index in [0.29, 0.717) is 5.69 Å². The van der Waals surface area contributed by atoms with Crippen LogP contribution in [0.4, 0.5) is 10.5 Å². The summed E-state index contributed by atoms with van der Waals surface area (Å²) in [7, 11) is 0. The van der Waals surface area contributed by atoms with Crippen molar-refractivity contribution in [1.82, 2.24) is 0 Å². The number of anilines is 1. The fourth-order valence-electron chi connectivity index (χ4n) is 2.47. The highest BCUT2D eigenvalue weighted by Crippen LogP contribution is 2.32. The van der Waals surface area contributed by atoms with E-state index in [-0.39, 0.29) is 13.2 Å². The van der Waals surface area contributed by atoms with Gasteiger partial charge >= 0.3 is 12.1 Å². The lowest BCUT2D eigenvalue weighted by Crippen LogP contribution is -2.47. The topological polar surface area (TPSA) is 79.6 Å². The van der Waals surface area contributed by atoms with Crippen LogP contribution in [-0.2, 0) is 14.3 Å². The number of hydrogen-bond donors (Lipinski definition) is 0. The molecule has 1 heterocycles. The van der Waals surface area contributed by atoms with E-state index in [1.807, 2.05) is 18.2 Å². The van der Waals surface area contributed by atoms with Crippen molar-refractivity contribution in [1.29, 1.82) is 5.26 Å². The number of hydrogen-bond acceptors (Lipinski definition) is 5. The predicted octanol–water partition coefficient (Wildman–Crippen LogP) is 2.75. The smallest absolute Gasteiger partial charge is 0.414 e. The van der Waals surface area contributed by atoms with Crippen LogP contribution >= 0.6 is 0 Å². The van der Waals surface area contributed by atoms with Gasteiger partial charge in [-0.3, -0.25) is 9.69 Å². The summed E-state index contributed by atoms with van der Waals surface area (Å²) in [6, 6.07) is 8.40. The highest BCUT2D eigenvalue weighted by molar-refractivity contribution is 5.95. The van der Waals surface area contributed by atoms with Crippen molar-refractivity contribution in [2.75, 3.05) is 18.1 Å². The Morgan fingerprint density at radius 2 is 1.96 bits per heavy atom. The molecule has 1 aromatic rings. The molecule has 0 saturated carbocycles. The lowest BCUT2D eigenvalue weighted by Gasteiger charge is -2.34. The van der Waals surface area contributed by atoms with Gasteiger partial charge in [0.1, 0.15) is 0 Å². The lowest BCUT2D eigenvalue weighted by atomic mass is 9.94. The van der Waals surface area contributed by atoms with Gasteiger partial charge in [0.2, 0.25) is 0 Å². The van der Waals surface area contributed by atoms with E-state index in [0.717, 1.165) is 5.56 Å². The normalized spacial score (nSPS) is 16.9. The molecule has 0 radical (unpaired) electrons. The van der Waals surface area contributed by atoms with Crippen LogP contribution in [0.3, 0.4) is 0 Å². The number of para-hydroxylation sites is 1. The number of carbonyl (C=O) groups excluding carboxylic acids is 2. The largest absolute Gasteiger partial charge is 0.465 e. The summed E-state index contributed by atoms with van der Waals surface area (Å²) in [6.07, 6.45) is 2.85. The highest BCUT2D eigenvalue weighted by atomic mass is 16.6. The number of nitriles is 1. The van der Waals surface area contributed by atoms with Gasteiger partial charge in [0, 0.05) is 0 Å². The van der Waals surface area contributed by atoms with Crippen molar-refractivity contribution in [3.8, 4) is 6.07 Å². The first-order valence-electron chi connectivity index (χ1n) is 7.43. The van der Waals surface area contributed by atoms with E-state index in [9.17, 15) is 14.9 Å². The minimum absolute atomic E-state index is 0.170. The number of benzene rings is 1. The zero-order chi connectivity index (χ0) is 16.8. The third-order valence-corrected chi connectivity index (χ3v) is 3.45. The third-order valence-electron chi connectivity index (χ3n) is 3.45. The van der Waals surface area contributed by atoms with Crippen molar-refractivity contribution >= 4 is 23.8 Å². The van der Waals surface area contributed by atoms with Crippen LogP contribution < -0.4 is 4.90 Å². The van der Waals surface area contributed by atoms with Crippen LogP contribution in [0.2, 0.25) is 0 Å². The standard InChI is InChI=1S/C17H18N2O4/c1-3-22-16(20)13(11-18)15-10-9-12-7-5-6-8-14(12)19(15)17(21)23-4-2/h5-10,13,15H,3-4H2,1-2H3. The summed E-state index contributed by atoms with van der Waals surface area (Å²) in [5.74, 6) is -1.78. The molecule has 2 rings (SSSR count). The van der Waals surface area contributed by atoms with Crippen molar-refractivity contribution in [2.24, 2.45) is 5.92 Å². The lowest BCUT2D eigenvalue weighted by molar-refractivity contribution is -0.146. The van der Waals surface area contributed by atoms with E-state index in [1.165, 1.54) is 4.90 Å². The summed E-state index contributed by atoms with van der Waals surface area (Å²) >= 11 is 0. The minimum Gasteiger partial charge on any atom is -0.465 e. The summed E-state index contributed by atoms with van der Waals surface area (Å²) in [6.45, 7) is 3.74. The quantitative estimate of drug-likeness (QED) is 0.798. The Morgan fingerprint density at radius 3 is 2.61 bits per heavy atom. The fourth-order valence-corrected chi connectivity index (χ4v) is 2.47. The van der Waals surface area contributed by atoms with Crippen LogP contribution in [0.1, 0.15) is 19.4 Å². The Labute approximate surface area is 134 Å². The number of nitrogens with zero attached hydrogens (tertiary/aromatic N) is 2. The van der Waals surface area contributed by atoms with E-state index < -0.39 is 24.0 Å². The maximum absolute atomic E-state index is 12.4. The molecule has 0 spiro atoms. The number of fused-ring (bicyclic) bond motifs is 1. The second-order valence-electron chi connectivity index (χ2n) is 4.84. The summed E-state index contributed by atoms with van der Waals surface area (Å²) in [5.41, 5.74) is 1.42. The first-order chi connectivity index (χ1) is 11.1. The Balaban J connectivity index is 2.44. The van der Waals surface area contributed by atoms with Crippen LogP contribution in [0.25, 0.3) is 6.08 Å². The van der Waals surface area contributed by atoms with Gasteiger partial charge in [0.25, 0.3) is 0 Å². The zero-order valence-electron chi connectivity index (χ0n) is 13.1. The molecule has 1 aromatic carbocycles. The van der Waals surface area contributed by atoms with Crippen molar-refractivity contribution in [3.05, 3.63) is 35.9 Å². The number of carbonyl (C=O) groups is 2. The molecule has 1 amide bonds. The number of ether oxygens (including phenoxy) is 2. The van der Waals surface area contributed by atoms with Crippen molar-refractivity contribution in [3.63, 3.8) is 0 Å². The molecule has 23 heavy (non-hydrogen) atoms. The Bertz CT molecular complexity index is 663. The molecule has 6 nitrogen and oxygen atoms in total. The average molecular weight is 314 g/mol. The molecular weight excluding hydrogens is 296 g/mol. The Kier molecular flexibility index (Phi) is 5.36. The molecule has 2 atom stereocenters. The van der Waals surface area contributed by atoms with Gasteiger partial charge in [-0.15, -0.1) is 0 Å². The number of rotatable bonds is 4. The van der Waals surface area contributed by atoms with E-state index in [2.05, 4.69) is 0 Å². The second kappa shape index (κ2) is 7.45. The molecule has 0 N–H and O–H groups in total. The second-order valence-corrected chi connectivity index (χ2v) is 4.84.